The van der Waals surface area contributed by atoms with Gasteiger partial charge < -0.3 is 5.32 Å². The van der Waals surface area contributed by atoms with E-state index in [0.717, 1.165) is 19.4 Å². The maximum Gasteiger partial charge on any atom is 0.0553 e. The predicted molar refractivity (Wildman–Crippen MR) is 63.7 cm³/mol. The summed E-state index contributed by atoms with van der Waals surface area (Å²) in [4.78, 5) is 0. The van der Waals surface area contributed by atoms with Crippen molar-refractivity contribution in [2.24, 2.45) is 7.05 Å². The van der Waals surface area contributed by atoms with Crippen LogP contribution in [0, 0.1) is 0 Å². The SMILES string of the molecule is C=C(C)CC(NCCC)c1ccnn1C. The van der Waals surface area contributed by atoms with Gasteiger partial charge in [-0.3, -0.25) is 4.68 Å². The minimum atomic E-state index is 0.343. The number of hydrogen-bond donors (Lipinski definition) is 1. The first-order valence-corrected chi connectivity index (χ1v) is 5.50. The van der Waals surface area contributed by atoms with Crippen LogP contribution in [0.5, 0.6) is 0 Å². The van der Waals surface area contributed by atoms with E-state index in [9.17, 15) is 0 Å². The highest BCUT2D eigenvalue weighted by atomic mass is 15.3. The highest BCUT2D eigenvalue weighted by Gasteiger charge is 2.13. The molecule has 1 atom stereocenters. The second-order valence-electron chi connectivity index (χ2n) is 4.05. The third-order valence-corrected chi connectivity index (χ3v) is 2.41. The average molecular weight is 207 g/mol. The van der Waals surface area contributed by atoms with Gasteiger partial charge in [-0.25, -0.2) is 0 Å². The molecule has 1 N–H and O–H groups in total. The standard InChI is InChI=1S/C12H21N3/c1-5-7-13-11(9-10(2)3)12-6-8-14-15(12)4/h6,8,11,13H,2,5,7,9H2,1,3-4H3. The Morgan fingerprint density at radius 2 is 2.40 bits per heavy atom. The van der Waals surface area contributed by atoms with Crippen molar-refractivity contribution in [3.8, 4) is 0 Å². The highest BCUT2D eigenvalue weighted by Crippen LogP contribution is 2.19. The number of rotatable bonds is 6. The Morgan fingerprint density at radius 1 is 1.67 bits per heavy atom. The number of hydrogen-bond acceptors (Lipinski definition) is 2. The maximum absolute atomic E-state index is 4.20. The van der Waals surface area contributed by atoms with Crippen LogP contribution in [0.25, 0.3) is 0 Å². The van der Waals surface area contributed by atoms with Crippen molar-refractivity contribution >= 4 is 0 Å². The van der Waals surface area contributed by atoms with Crippen molar-refractivity contribution in [2.75, 3.05) is 6.54 Å². The van der Waals surface area contributed by atoms with E-state index in [1.807, 2.05) is 17.9 Å². The van der Waals surface area contributed by atoms with Crippen LogP contribution in [0.1, 0.15) is 38.4 Å². The van der Waals surface area contributed by atoms with E-state index >= 15 is 0 Å². The Morgan fingerprint density at radius 3 is 2.87 bits per heavy atom. The van der Waals surface area contributed by atoms with Gasteiger partial charge in [-0.2, -0.15) is 5.10 Å². The average Bonchev–Trinajstić information content (AvgIpc) is 2.58. The van der Waals surface area contributed by atoms with E-state index in [0.29, 0.717) is 6.04 Å². The summed E-state index contributed by atoms with van der Waals surface area (Å²) in [6.45, 7) is 9.24. The zero-order valence-corrected chi connectivity index (χ0v) is 9.95. The lowest BCUT2D eigenvalue weighted by molar-refractivity contribution is 0.492. The van der Waals surface area contributed by atoms with Crippen molar-refractivity contribution < 1.29 is 0 Å². The summed E-state index contributed by atoms with van der Waals surface area (Å²) in [6.07, 6.45) is 3.96. The molecule has 84 valence electrons. The Bertz CT molecular complexity index is 314. The molecule has 3 nitrogen and oxygen atoms in total. The molecule has 0 amide bonds. The molecule has 0 fully saturated rings. The van der Waals surface area contributed by atoms with Crippen LogP contribution < -0.4 is 5.32 Å². The summed E-state index contributed by atoms with van der Waals surface area (Å²) in [6, 6.07) is 2.41. The molecule has 1 heterocycles. The smallest absolute Gasteiger partial charge is 0.0553 e. The van der Waals surface area contributed by atoms with Crippen LogP contribution in [0.3, 0.4) is 0 Å². The molecule has 0 aliphatic rings. The van der Waals surface area contributed by atoms with Gasteiger partial charge in [-0.15, -0.1) is 6.58 Å². The first-order valence-electron chi connectivity index (χ1n) is 5.50. The van der Waals surface area contributed by atoms with Crippen LogP contribution in [0.15, 0.2) is 24.4 Å². The molecule has 0 aliphatic carbocycles. The summed E-state index contributed by atoms with van der Waals surface area (Å²) in [5.74, 6) is 0. The van der Waals surface area contributed by atoms with Crippen LogP contribution >= 0.6 is 0 Å². The highest BCUT2D eigenvalue weighted by molar-refractivity contribution is 5.10. The quantitative estimate of drug-likeness (QED) is 0.726. The van der Waals surface area contributed by atoms with Crippen LogP contribution in [0.2, 0.25) is 0 Å². The van der Waals surface area contributed by atoms with Gasteiger partial charge in [0.15, 0.2) is 0 Å². The first kappa shape index (κ1) is 12.0. The van der Waals surface area contributed by atoms with E-state index in [4.69, 9.17) is 0 Å². The fourth-order valence-corrected chi connectivity index (χ4v) is 1.67. The lowest BCUT2D eigenvalue weighted by atomic mass is 10.1. The Kier molecular flexibility index (Phi) is 4.56. The second-order valence-corrected chi connectivity index (χ2v) is 4.05. The Balaban J connectivity index is 2.71. The molecule has 3 heteroatoms. The normalized spacial score (nSPS) is 12.7. The van der Waals surface area contributed by atoms with Crippen molar-refractivity contribution in [3.63, 3.8) is 0 Å². The lowest BCUT2D eigenvalue weighted by Crippen LogP contribution is -2.24. The molecule has 1 aromatic rings. The monoisotopic (exact) mass is 207 g/mol. The minimum absolute atomic E-state index is 0.343. The van der Waals surface area contributed by atoms with Crippen LogP contribution in [-0.4, -0.2) is 16.3 Å². The van der Waals surface area contributed by atoms with Crippen LogP contribution in [0.4, 0.5) is 0 Å². The van der Waals surface area contributed by atoms with Gasteiger partial charge in [0.2, 0.25) is 0 Å². The topological polar surface area (TPSA) is 29.9 Å². The van der Waals surface area contributed by atoms with Crippen molar-refractivity contribution in [1.82, 2.24) is 15.1 Å². The molecule has 1 aromatic heterocycles. The van der Waals surface area contributed by atoms with Crippen LogP contribution in [-0.2, 0) is 7.05 Å². The zero-order valence-electron chi connectivity index (χ0n) is 9.95. The molecular weight excluding hydrogens is 186 g/mol. The molecule has 0 aliphatic heterocycles. The van der Waals surface area contributed by atoms with Gasteiger partial charge in [0.05, 0.1) is 11.7 Å². The van der Waals surface area contributed by atoms with E-state index in [1.165, 1.54) is 11.3 Å². The fourth-order valence-electron chi connectivity index (χ4n) is 1.67. The molecule has 0 bridgehead atoms. The third kappa shape index (κ3) is 3.51. The summed E-state index contributed by atoms with van der Waals surface area (Å²) in [5.41, 5.74) is 2.43. The Labute approximate surface area is 92.2 Å². The third-order valence-electron chi connectivity index (χ3n) is 2.41. The fraction of sp³-hybridized carbons (Fsp3) is 0.583. The van der Waals surface area contributed by atoms with Gasteiger partial charge in [-0.1, -0.05) is 12.5 Å². The minimum Gasteiger partial charge on any atom is -0.308 e. The summed E-state index contributed by atoms with van der Waals surface area (Å²) >= 11 is 0. The zero-order chi connectivity index (χ0) is 11.3. The van der Waals surface area contributed by atoms with E-state index in [-0.39, 0.29) is 0 Å². The van der Waals surface area contributed by atoms with E-state index in [2.05, 4.69) is 36.9 Å². The van der Waals surface area contributed by atoms with Gasteiger partial charge in [-0.05, 0) is 32.4 Å². The van der Waals surface area contributed by atoms with Gasteiger partial charge in [0, 0.05) is 13.2 Å². The summed E-state index contributed by atoms with van der Waals surface area (Å²) in [5, 5.41) is 7.72. The van der Waals surface area contributed by atoms with E-state index in [1.54, 1.807) is 0 Å². The Hall–Kier alpha value is -1.09. The first-order chi connectivity index (χ1) is 7.15. The maximum atomic E-state index is 4.20. The molecule has 0 radical (unpaired) electrons. The molecule has 0 saturated carbocycles. The summed E-state index contributed by atoms with van der Waals surface area (Å²) < 4.78 is 1.93. The van der Waals surface area contributed by atoms with Crippen molar-refractivity contribution in [1.29, 1.82) is 0 Å². The number of nitrogens with zero attached hydrogens (tertiary/aromatic N) is 2. The number of aromatic nitrogens is 2. The summed E-state index contributed by atoms with van der Waals surface area (Å²) in [7, 11) is 1.98. The molecule has 1 rings (SSSR count). The molecule has 0 saturated heterocycles. The molecular formula is C12H21N3. The second kappa shape index (κ2) is 5.71. The predicted octanol–water partition coefficient (Wildman–Crippen LogP) is 2.43. The van der Waals surface area contributed by atoms with E-state index < -0.39 is 0 Å². The van der Waals surface area contributed by atoms with Gasteiger partial charge in [0.1, 0.15) is 0 Å². The van der Waals surface area contributed by atoms with Crippen molar-refractivity contribution in [3.05, 3.63) is 30.1 Å². The van der Waals surface area contributed by atoms with Gasteiger partial charge in [0.25, 0.3) is 0 Å². The number of nitrogens with one attached hydrogen (secondary N) is 1. The molecule has 0 aromatic carbocycles. The molecule has 1 unspecified atom stereocenters. The number of aryl methyl sites for hydroxylation is 1. The molecule has 15 heavy (non-hydrogen) atoms. The van der Waals surface area contributed by atoms with Crippen molar-refractivity contribution in [2.45, 2.75) is 32.7 Å². The lowest BCUT2D eigenvalue weighted by Gasteiger charge is -2.18. The largest absolute Gasteiger partial charge is 0.308 e. The van der Waals surface area contributed by atoms with Gasteiger partial charge >= 0.3 is 0 Å². The molecule has 0 spiro atoms.